The summed E-state index contributed by atoms with van der Waals surface area (Å²) in [6, 6.07) is -0.380. The van der Waals surface area contributed by atoms with Crippen molar-refractivity contribution >= 4 is 24.0 Å². The van der Waals surface area contributed by atoms with Gasteiger partial charge in [-0.25, -0.2) is 0 Å². The van der Waals surface area contributed by atoms with Crippen LogP contribution in [0.5, 0.6) is 0 Å². The topological polar surface area (TPSA) is 37.4 Å². The van der Waals surface area contributed by atoms with Crippen molar-refractivity contribution in [2.24, 2.45) is 0 Å². The number of hydrogen-bond acceptors (Lipinski definition) is 3. The first-order valence-electron chi connectivity index (χ1n) is 3.73. The molecule has 1 atom stereocenters. The van der Waals surface area contributed by atoms with Gasteiger partial charge in [0, 0.05) is 14.0 Å². The summed E-state index contributed by atoms with van der Waals surface area (Å²) in [5.74, 6) is 0.779. The Labute approximate surface area is 77.5 Å². The van der Waals surface area contributed by atoms with Crippen molar-refractivity contribution in [3.8, 4) is 0 Å². The standard InChI is InChI=1S/C8H14NO2S/c1-7(11)9(2)8(6-10)4-5-12-3/h8H,4-5H2,1-3H3/t8-/m0/s1. The van der Waals surface area contributed by atoms with Crippen LogP contribution in [0.25, 0.3) is 0 Å². The van der Waals surface area contributed by atoms with Gasteiger partial charge >= 0.3 is 0 Å². The van der Waals surface area contributed by atoms with Crippen molar-refractivity contribution in [2.45, 2.75) is 19.4 Å². The SMILES string of the molecule is CSCC[C@@H]([C]=O)N(C)C(C)=O. The van der Waals surface area contributed by atoms with E-state index in [0.717, 1.165) is 5.75 Å². The molecule has 0 rings (SSSR count). The maximum Gasteiger partial charge on any atom is 0.223 e. The Morgan fingerprint density at radius 2 is 2.25 bits per heavy atom. The van der Waals surface area contributed by atoms with Gasteiger partial charge < -0.3 is 4.90 Å². The molecule has 1 radical (unpaired) electrons. The van der Waals surface area contributed by atoms with E-state index in [9.17, 15) is 9.59 Å². The normalized spacial score (nSPS) is 12.2. The summed E-state index contributed by atoms with van der Waals surface area (Å²) in [5, 5.41) is 0. The number of thioether (sulfide) groups is 1. The Hall–Kier alpha value is -0.510. The second-order valence-corrected chi connectivity index (χ2v) is 3.53. The Morgan fingerprint density at radius 3 is 2.58 bits per heavy atom. The lowest BCUT2D eigenvalue weighted by molar-refractivity contribution is -0.128. The van der Waals surface area contributed by atoms with Crippen LogP contribution in [0.2, 0.25) is 0 Å². The molecule has 0 fully saturated rings. The van der Waals surface area contributed by atoms with Crippen LogP contribution < -0.4 is 0 Å². The van der Waals surface area contributed by atoms with Gasteiger partial charge in [0.25, 0.3) is 0 Å². The molecule has 0 saturated heterocycles. The molecule has 0 bridgehead atoms. The quantitative estimate of drug-likeness (QED) is 0.637. The van der Waals surface area contributed by atoms with E-state index in [-0.39, 0.29) is 11.9 Å². The van der Waals surface area contributed by atoms with Crippen molar-refractivity contribution in [1.29, 1.82) is 0 Å². The molecule has 69 valence electrons. The highest BCUT2D eigenvalue weighted by Crippen LogP contribution is 2.04. The zero-order chi connectivity index (χ0) is 9.56. The molecule has 1 amide bonds. The first kappa shape index (κ1) is 11.5. The van der Waals surface area contributed by atoms with E-state index in [4.69, 9.17) is 0 Å². The molecule has 0 aliphatic heterocycles. The molecule has 4 heteroatoms. The van der Waals surface area contributed by atoms with Gasteiger partial charge in [-0.15, -0.1) is 0 Å². The van der Waals surface area contributed by atoms with Crippen molar-refractivity contribution in [2.75, 3.05) is 19.1 Å². The van der Waals surface area contributed by atoms with Gasteiger partial charge in [0.2, 0.25) is 12.2 Å². The summed E-state index contributed by atoms with van der Waals surface area (Å²) in [7, 11) is 1.62. The second kappa shape index (κ2) is 6.06. The summed E-state index contributed by atoms with van der Waals surface area (Å²) in [6.07, 6.45) is 4.51. The lowest BCUT2D eigenvalue weighted by Crippen LogP contribution is -2.36. The maximum atomic E-state index is 10.8. The zero-order valence-electron chi connectivity index (χ0n) is 7.66. The van der Waals surface area contributed by atoms with Crippen LogP contribution >= 0.6 is 11.8 Å². The Morgan fingerprint density at radius 1 is 1.67 bits per heavy atom. The minimum atomic E-state index is -0.380. The van der Waals surface area contributed by atoms with Crippen LogP contribution in [0.4, 0.5) is 0 Å². The first-order valence-corrected chi connectivity index (χ1v) is 5.12. The molecule has 0 aliphatic rings. The van der Waals surface area contributed by atoms with E-state index in [1.54, 1.807) is 18.8 Å². The fraction of sp³-hybridized carbons (Fsp3) is 0.750. The largest absolute Gasteiger partial charge is 0.335 e. The lowest BCUT2D eigenvalue weighted by atomic mass is 10.2. The van der Waals surface area contributed by atoms with Crippen molar-refractivity contribution in [1.82, 2.24) is 4.90 Å². The average molecular weight is 188 g/mol. The van der Waals surface area contributed by atoms with E-state index in [2.05, 4.69) is 0 Å². The molecule has 0 aromatic rings. The molecule has 0 aromatic heterocycles. The summed E-state index contributed by atoms with van der Waals surface area (Å²) in [5.41, 5.74) is 0. The summed E-state index contributed by atoms with van der Waals surface area (Å²) >= 11 is 1.66. The number of carbonyl (C=O) groups excluding carboxylic acids is 2. The number of nitrogens with zero attached hydrogens (tertiary/aromatic N) is 1. The van der Waals surface area contributed by atoms with E-state index in [1.807, 2.05) is 12.5 Å². The van der Waals surface area contributed by atoms with Crippen LogP contribution in [0, 0.1) is 0 Å². The number of likely N-dealkylation sites (N-methyl/N-ethyl adjacent to an activating group) is 1. The highest BCUT2D eigenvalue weighted by atomic mass is 32.2. The molecule has 12 heavy (non-hydrogen) atoms. The van der Waals surface area contributed by atoms with Gasteiger partial charge in [-0.3, -0.25) is 9.59 Å². The smallest absolute Gasteiger partial charge is 0.223 e. The summed E-state index contributed by atoms with van der Waals surface area (Å²) in [4.78, 5) is 22.7. The van der Waals surface area contributed by atoms with Gasteiger partial charge in [-0.2, -0.15) is 11.8 Å². The predicted octanol–water partition coefficient (Wildman–Crippen LogP) is 0.696. The van der Waals surface area contributed by atoms with Crippen LogP contribution in [-0.2, 0) is 9.59 Å². The average Bonchev–Trinajstić information content (AvgIpc) is 2.05. The van der Waals surface area contributed by atoms with Gasteiger partial charge in [-0.1, -0.05) is 0 Å². The van der Waals surface area contributed by atoms with Crippen LogP contribution in [-0.4, -0.2) is 42.2 Å². The summed E-state index contributed by atoms with van der Waals surface area (Å²) < 4.78 is 0. The Balaban J connectivity index is 3.95. The molecule has 0 saturated carbocycles. The fourth-order valence-corrected chi connectivity index (χ4v) is 1.24. The van der Waals surface area contributed by atoms with E-state index in [0.29, 0.717) is 6.42 Å². The molecule has 0 spiro atoms. The van der Waals surface area contributed by atoms with Crippen LogP contribution in [0.3, 0.4) is 0 Å². The number of hydrogen-bond donors (Lipinski definition) is 0. The van der Waals surface area contributed by atoms with E-state index >= 15 is 0 Å². The third-order valence-electron chi connectivity index (χ3n) is 1.70. The lowest BCUT2D eigenvalue weighted by Gasteiger charge is -2.20. The molecule has 3 nitrogen and oxygen atoms in total. The minimum absolute atomic E-state index is 0.0931. The molecular weight excluding hydrogens is 174 g/mol. The number of rotatable bonds is 5. The first-order chi connectivity index (χ1) is 5.63. The molecular formula is C8H14NO2S. The fourth-order valence-electron chi connectivity index (χ4n) is 0.781. The maximum absolute atomic E-state index is 10.8. The van der Waals surface area contributed by atoms with Crippen molar-refractivity contribution in [3.05, 3.63) is 0 Å². The van der Waals surface area contributed by atoms with Crippen LogP contribution in [0.15, 0.2) is 0 Å². The van der Waals surface area contributed by atoms with Gasteiger partial charge in [0.05, 0.1) is 6.04 Å². The van der Waals surface area contributed by atoms with Crippen LogP contribution in [0.1, 0.15) is 13.3 Å². The van der Waals surface area contributed by atoms with Gasteiger partial charge in [-0.05, 0) is 18.4 Å². The third-order valence-corrected chi connectivity index (χ3v) is 2.34. The van der Waals surface area contributed by atoms with Gasteiger partial charge in [0.1, 0.15) is 0 Å². The number of amides is 1. The van der Waals surface area contributed by atoms with Crippen molar-refractivity contribution < 1.29 is 9.59 Å². The molecule has 0 aromatic carbocycles. The number of carbonyl (C=O) groups is 1. The molecule has 0 unspecified atom stereocenters. The third kappa shape index (κ3) is 3.76. The van der Waals surface area contributed by atoms with E-state index < -0.39 is 0 Å². The summed E-state index contributed by atoms with van der Waals surface area (Å²) in [6.45, 7) is 1.45. The molecule has 0 heterocycles. The Kier molecular flexibility index (Phi) is 5.80. The predicted molar refractivity (Wildman–Crippen MR) is 50.9 cm³/mol. The van der Waals surface area contributed by atoms with Gasteiger partial charge in [0.15, 0.2) is 0 Å². The second-order valence-electron chi connectivity index (χ2n) is 2.55. The van der Waals surface area contributed by atoms with E-state index in [1.165, 1.54) is 11.8 Å². The Bertz CT molecular complexity index is 161. The highest BCUT2D eigenvalue weighted by Gasteiger charge is 2.15. The highest BCUT2D eigenvalue weighted by molar-refractivity contribution is 7.98. The monoisotopic (exact) mass is 188 g/mol. The van der Waals surface area contributed by atoms with Crippen molar-refractivity contribution in [3.63, 3.8) is 0 Å². The molecule has 0 aliphatic carbocycles. The molecule has 0 N–H and O–H groups in total. The minimum Gasteiger partial charge on any atom is -0.335 e. The zero-order valence-corrected chi connectivity index (χ0v) is 8.48.